The van der Waals surface area contributed by atoms with Gasteiger partial charge < -0.3 is 5.32 Å². The molecule has 0 aliphatic rings. The second-order valence-corrected chi connectivity index (χ2v) is 9.64. The molecule has 2 aromatic heterocycles. The Morgan fingerprint density at radius 2 is 1.80 bits per heavy atom. The van der Waals surface area contributed by atoms with E-state index in [1.54, 1.807) is 23.9 Å². The highest BCUT2D eigenvalue weighted by Gasteiger charge is 2.20. The third-order valence-electron chi connectivity index (χ3n) is 5.13. The topological polar surface area (TPSA) is 120 Å². The van der Waals surface area contributed by atoms with Crippen LogP contribution in [-0.4, -0.2) is 29.1 Å². The lowest BCUT2D eigenvalue weighted by Gasteiger charge is -2.15. The van der Waals surface area contributed by atoms with Crippen LogP contribution < -0.4 is 10.5 Å². The van der Waals surface area contributed by atoms with Crippen molar-refractivity contribution in [1.29, 1.82) is 0 Å². The van der Waals surface area contributed by atoms with Crippen LogP contribution in [0.5, 0.6) is 0 Å². The van der Waals surface area contributed by atoms with Crippen LogP contribution in [0, 0.1) is 13.8 Å². The number of nitrogens with one attached hydrogen (secondary N) is 1. The van der Waals surface area contributed by atoms with Crippen LogP contribution in [0.4, 0.5) is 5.69 Å². The Bertz CT molecular complexity index is 1240. The fraction of sp³-hybridized carbons (Fsp3) is 0.381. The van der Waals surface area contributed by atoms with Crippen LogP contribution in [0.3, 0.4) is 0 Å². The first kappa shape index (κ1) is 21.9. The van der Waals surface area contributed by atoms with E-state index in [1.165, 1.54) is 12.1 Å². The van der Waals surface area contributed by atoms with Gasteiger partial charge in [-0.05, 0) is 62.9 Å². The number of aryl methyl sites for hydroxylation is 1. The van der Waals surface area contributed by atoms with E-state index in [0.717, 1.165) is 11.3 Å². The predicted molar refractivity (Wildman–Crippen MR) is 117 cm³/mol. The van der Waals surface area contributed by atoms with Gasteiger partial charge in [0.1, 0.15) is 0 Å². The highest BCUT2D eigenvalue weighted by Crippen LogP contribution is 2.27. The number of hydrogen-bond acceptors (Lipinski definition) is 5. The lowest BCUT2D eigenvalue weighted by molar-refractivity contribution is 0.102. The van der Waals surface area contributed by atoms with E-state index in [2.05, 4.69) is 10.4 Å². The maximum absolute atomic E-state index is 13.2. The van der Waals surface area contributed by atoms with Crippen LogP contribution in [-0.2, 0) is 10.0 Å². The Balaban J connectivity index is 2.13. The van der Waals surface area contributed by atoms with Crippen molar-refractivity contribution in [2.75, 3.05) is 5.32 Å². The number of nitrogens with zero attached hydrogens (tertiary/aromatic N) is 3. The summed E-state index contributed by atoms with van der Waals surface area (Å²) >= 11 is 0. The number of carbonyl (C=O) groups excluding carboxylic acids is 1. The highest BCUT2D eigenvalue weighted by molar-refractivity contribution is 7.89. The van der Waals surface area contributed by atoms with Crippen LogP contribution in [0.1, 0.15) is 66.8 Å². The Labute approximate surface area is 176 Å². The molecule has 9 heteroatoms. The van der Waals surface area contributed by atoms with Crippen molar-refractivity contribution in [3.63, 3.8) is 0 Å². The lowest BCUT2D eigenvalue weighted by Crippen LogP contribution is -2.17. The second-order valence-electron chi connectivity index (χ2n) is 8.08. The van der Waals surface area contributed by atoms with Crippen LogP contribution in [0.15, 0.2) is 29.3 Å². The summed E-state index contributed by atoms with van der Waals surface area (Å²) in [6.45, 7) is 11.6. The van der Waals surface area contributed by atoms with Crippen molar-refractivity contribution in [1.82, 2.24) is 14.8 Å². The molecule has 0 radical (unpaired) electrons. The normalized spacial score (nSPS) is 12.2. The van der Waals surface area contributed by atoms with Crippen molar-refractivity contribution >= 4 is 32.7 Å². The van der Waals surface area contributed by atoms with Gasteiger partial charge in [-0.25, -0.2) is 23.2 Å². The summed E-state index contributed by atoms with van der Waals surface area (Å²) < 4.78 is 25.4. The SMILES string of the molecule is Cc1cc(S(N)(=O)=O)cc(NC(=O)c2cc(C(C)C)nc3c2cnn3C(C)C)c1C. The van der Waals surface area contributed by atoms with Gasteiger partial charge in [-0.3, -0.25) is 4.79 Å². The summed E-state index contributed by atoms with van der Waals surface area (Å²) in [6.07, 6.45) is 1.64. The van der Waals surface area contributed by atoms with Crippen molar-refractivity contribution < 1.29 is 13.2 Å². The smallest absolute Gasteiger partial charge is 0.256 e. The van der Waals surface area contributed by atoms with Crippen LogP contribution >= 0.6 is 0 Å². The fourth-order valence-electron chi connectivity index (χ4n) is 3.21. The zero-order valence-corrected chi connectivity index (χ0v) is 18.8. The Morgan fingerprint density at radius 1 is 1.13 bits per heavy atom. The highest BCUT2D eigenvalue weighted by atomic mass is 32.2. The number of fused-ring (bicyclic) bond motifs is 1. The molecule has 0 saturated carbocycles. The minimum atomic E-state index is -3.90. The van der Waals surface area contributed by atoms with E-state index in [-0.39, 0.29) is 22.8 Å². The zero-order valence-electron chi connectivity index (χ0n) is 18.0. The van der Waals surface area contributed by atoms with Crippen molar-refractivity contribution in [3.05, 3.63) is 46.8 Å². The first-order chi connectivity index (χ1) is 13.9. The van der Waals surface area contributed by atoms with Gasteiger partial charge in [-0.1, -0.05) is 13.8 Å². The van der Waals surface area contributed by atoms with Gasteiger partial charge in [-0.2, -0.15) is 5.10 Å². The number of carbonyl (C=O) groups is 1. The van der Waals surface area contributed by atoms with Crippen LogP contribution in [0.25, 0.3) is 11.0 Å². The molecular formula is C21H27N5O3S. The Morgan fingerprint density at radius 3 is 2.37 bits per heavy atom. The van der Waals surface area contributed by atoms with Gasteiger partial charge in [-0.15, -0.1) is 0 Å². The van der Waals surface area contributed by atoms with Crippen molar-refractivity contribution in [2.45, 2.75) is 58.4 Å². The first-order valence-electron chi connectivity index (χ1n) is 9.73. The van der Waals surface area contributed by atoms with E-state index in [1.807, 2.05) is 34.6 Å². The van der Waals surface area contributed by atoms with Gasteiger partial charge in [0.15, 0.2) is 5.65 Å². The minimum Gasteiger partial charge on any atom is -0.322 e. The summed E-state index contributed by atoms with van der Waals surface area (Å²) in [5.41, 5.74) is 3.74. The summed E-state index contributed by atoms with van der Waals surface area (Å²) in [4.78, 5) is 17.9. The first-order valence-corrected chi connectivity index (χ1v) is 11.3. The molecule has 0 atom stereocenters. The molecule has 0 saturated heterocycles. The van der Waals surface area contributed by atoms with E-state index < -0.39 is 10.0 Å². The molecule has 3 N–H and O–H groups in total. The molecule has 0 spiro atoms. The Hall–Kier alpha value is -2.78. The molecule has 1 amide bonds. The average molecular weight is 430 g/mol. The van der Waals surface area contributed by atoms with Crippen molar-refractivity contribution in [3.8, 4) is 0 Å². The number of aromatic nitrogens is 3. The van der Waals surface area contributed by atoms with Gasteiger partial charge in [0.2, 0.25) is 10.0 Å². The lowest BCUT2D eigenvalue weighted by atomic mass is 10.0. The summed E-state index contributed by atoms with van der Waals surface area (Å²) in [6, 6.07) is 4.73. The molecule has 30 heavy (non-hydrogen) atoms. The quantitative estimate of drug-likeness (QED) is 0.641. The number of nitrogens with two attached hydrogens (primary N) is 1. The fourth-order valence-corrected chi connectivity index (χ4v) is 3.83. The molecule has 0 unspecified atom stereocenters. The molecular weight excluding hydrogens is 402 g/mol. The molecule has 3 rings (SSSR count). The van der Waals surface area contributed by atoms with E-state index in [4.69, 9.17) is 10.1 Å². The number of primary sulfonamides is 1. The minimum absolute atomic E-state index is 0.0451. The predicted octanol–water partition coefficient (Wildman–Crippen LogP) is 3.65. The molecule has 0 bridgehead atoms. The summed E-state index contributed by atoms with van der Waals surface area (Å²) in [5.74, 6) is -0.243. The number of benzene rings is 1. The number of pyridine rings is 1. The molecule has 3 aromatic rings. The third-order valence-corrected chi connectivity index (χ3v) is 6.02. The number of sulfonamides is 1. The van der Waals surface area contributed by atoms with E-state index in [9.17, 15) is 13.2 Å². The third kappa shape index (κ3) is 4.08. The van der Waals surface area contributed by atoms with Gasteiger partial charge >= 0.3 is 0 Å². The maximum atomic E-state index is 13.2. The molecule has 8 nitrogen and oxygen atoms in total. The number of anilines is 1. The molecule has 0 fully saturated rings. The number of hydrogen-bond donors (Lipinski definition) is 2. The monoisotopic (exact) mass is 429 g/mol. The second kappa shape index (κ2) is 7.81. The van der Waals surface area contributed by atoms with Crippen LogP contribution in [0.2, 0.25) is 0 Å². The van der Waals surface area contributed by atoms with Gasteiger partial charge in [0.25, 0.3) is 5.91 Å². The summed E-state index contributed by atoms with van der Waals surface area (Å²) in [5, 5.41) is 13.2. The molecule has 0 aliphatic carbocycles. The molecule has 2 heterocycles. The summed E-state index contributed by atoms with van der Waals surface area (Å²) in [7, 11) is -3.90. The average Bonchev–Trinajstić information content (AvgIpc) is 3.07. The molecule has 1 aromatic carbocycles. The number of amides is 1. The Kier molecular flexibility index (Phi) is 5.70. The van der Waals surface area contributed by atoms with Gasteiger partial charge in [0.05, 0.1) is 22.0 Å². The van der Waals surface area contributed by atoms with E-state index >= 15 is 0 Å². The molecule has 160 valence electrons. The maximum Gasteiger partial charge on any atom is 0.256 e. The zero-order chi connectivity index (χ0) is 22.4. The largest absolute Gasteiger partial charge is 0.322 e. The standard InChI is InChI=1S/C21H27N5O3S/c1-11(2)18-9-16(17-10-23-26(12(3)4)20(17)24-18)21(27)25-19-8-15(30(22,28)29)7-13(5)14(19)6/h7-12H,1-6H3,(H,25,27)(H2,22,28,29). The van der Waals surface area contributed by atoms with Gasteiger partial charge in [0, 0.05) is 17.4 Å². The van der Waals surface area contributed by atoms with Crippen molar-refractivity contribution in [2.24, 2.45) is 5.14 Å². The molecule has 0 aliphatic heterocycles. The number of rotatable bonds is 5. The van der Waals surface area contributed by atoms with E-state index in [0.29, 0.717) is 27.8 Å².